The molecule has 6 aromatic rings. The molecule has 1 heterocycles. The zero-order chi connectivity index (χ0) is 46.7. The van der Waals surface area contributed by atoms with Crippen LogP contribution in [0.25, 0.3) is 10.8 Å². The first-order valence-corrected chi connectivity index (χ1v) is 25.2. The van der Waals surface area contributed by atoms with E-state index in [4.69, 9.17) is 4.55 Å². The van der Waals surface area contributed by atoms with Gasteiger partial charge in [0.1, 0.15) is 22.1 Å². The average molecular weight is 980 g/mol. The second-order valence-corrected chi connectivity index (χ2v) is 20.7. The normalized spacial score (nSPS) is 12.6. The number of anilines is 7. The summed E-state index contributed by atoms with van der Waals surface area (Å²) in [6.45, 7) is 1.01. The van der Waals surface area contributed by atoms with Crippen LogP contribution in [0.1, 0.15) is 5.56 Å². The third-order valence-corrected chi connectivity index (χ3v) is 12.8. The molecule has 0 aliphatic heterocycles. The minimum Gasteiger partial charge on any atom is -0.368 e. The van der Waals surface area contributed by atoms with Gasteiger partial charge in [-0.05, 0) is 79.0 Å². The molecule has 5 aromatic carbocycles. The van der Waals surface area contributed by atoms with E-state index < -0.39 is 84.3 Å². The second-order valence-electron chi connectivity index (χ2n) is 13.2. The number of nitrogens with zero attached hydrogens (tertiary/aromatic N) is 5. The highest BCUT2D eigenvalue weighted by Gasteiger charge is 2.21. The highest BCUT2D eigenvalue weighted by Crippen LogP contribution is 2.38. The molecule has 64 heavy (non-hydrogen) atoms. The lowest BCUT2D eigenvalue weighted by Crippen LogP contribution is -2.15. The van der Waals surface area contributed by atoms with Crippen molar-refractivity contribution >= 4 is 113 Å². The van der Waals surface area contributed by atoms with E-state index in [1.807, 2.05) is 19.1 Å². The van der Waals surface area contributed by atoms with E-state index in [0.717, 1.165) is 29.8 Å². The third kappa shape index (κ3) is 12.9. The molecule has 0 aliphatic carbocycles. The lowest BCUT2D eigenvalue weighted by molar-refractivity contribution is 0.284. The molecule has 0 atom stereocenters. The Labute approximate surface area is 365 Å². The number of benzene rings is 5. The van der Waals surface area contributed by atoms with Crippen molar-refractivity contribution in [1.82, 2.24) is 15.0 Å². The van der Waals surface area contributed by atoms with Gasteiger partial charge in [-0.15, -0.1) is 10.2 Å². The first-order chi connectivity index (χ1) is 29.8. The van der Waals surface area contributed by atoms with Crippen LogP contribution in [0.2, 0.25) is 0 Å². The van der Waals surface area contributed by atoms with Crippen LogP contribution in [0.3, 0.4) is 0 Å². The highest BCUT2D eigenvalue weighted by molar-refractivity contribution is 7.91. The highest BCUT2D eigenvalue weighted by atomic mass is 32.3. The van der Waals surface area contributed by atoms with E-state index in [-0.39, 0.29) is 56.3 Å². The minimum absolute atomic E-state index is 0.0421. The Morgan fingerprint density at radius 3 is 1.81 bits per heavy atom. The molecule has 0 bridgehead atoms. The van der Waals surface area contributed by atoms with Crippen LogP contribution in [0.4, 0.5) is 52.0 Å². The maximum Gasteiger partial charge on any atom is 0.397 e. The van der Waals surface area contributed by atoms with Crippen LogP contribution in [0.5, 0.6) is 0 Å². The number of aryl methyl sites for hydroxylation is 1. The monoisotopic (exact) mass is 979 g/mol. The van der Waals surface area contributed by atoms with Crippen molar-refractivity contribution in [3.8, 4) is 0 Å². The van der Waals surface area contributed by atoms with E-state index in [2.05, 4.69) is 50.6 Å². The summed E-state index contributed by atoms with van der Waals surface area (Å²) in [5.41, 5.74) is 0.913. The van der Waals surface area contributed by atoms with Crippen molar-refractivity contribution in [2.75, 3.05) is 39.5 Å². The topological polar surface area (TPSA) is 372 Å². The molecule has 0 fully saturated rings. The fourth-order valence-corrected chi connectivity index (χ4v) is 8.56. The van der Waals surface area contributed by atoms with Crippen LogP contribution in [-0.4, -0.2) is 93.5 Å². The first kappa shape index (κ1) is 47.2. The maximum absolute atomic E-state index is 12.9. The van der Waals surface area contributed by atoms with E-state index in [1.54, 1.807) is 12.1 Å². The van der Waals surface area contributed by atoms with Gasteiger partial charge in [0.25, 0.3) is 30.4 Å². The predicted octanol–water partition coefficient (Wildman–Crippen LogP) is 5.32. The minimum atomic E-state index is -5.00. The number of rotatable bonds is 18. The lowest BCUT2D eigenvalue weighted by atomic mass is 10.1. The fraction of sp³-hybridized carbons (Fsp3) is 0.114. The molecule has 6 rings (SSSR count). The molecular formula is C35H33N9O15S5. The van der Waals surface area contributed by atoms with Crippen molar-refractivity contribution in [1.29, 1.82) is 0 Å². The molecule has 1 aromatic heterocycles. The van der Waals surface area contributed by atoms with E-state index in [9.17, 15) is 55.7 Å². The largest absolute Gasteiger partial charge is 0.397 e. The van der Waals surface area contributed by atoms with Crippen LogP contribution in [0.15, 0.2) is 122 Å². The number of fused-ring (bicyclic) bond motifs is 1. The van der Waals surface area contributed by atoms with E-state index in [1.165, 1.54) is 48.5 Å². The van der Waals surface area contributed by atoms with Gasteiger partial charge >= 0.3 is 10.4 Å². The van der Waals surface area contributed by atoms with Gasteiger partial charge in [-0.2, -0.15) is 48.6 Å². The van der Waals surface area contributed by atoms with Crippen molar-refractivity contribution in [3.05, 3.63) is 103 Å². The molecule has 24 nitrogen and oxygen atoms in total. The van der Waals surface area contributed by atoms with Crippen LogP contribution >= 0.6 is 0 Å². The summed E-state index contributed by atoms with van der Waals surface area (Å²) < 4.78 is 161. The number of aromatic nitrogens is 3. The molecule has 0 saturated heterocycles. The van der Waals surface area contributed by atoms with Gasteiger partial charge in [0.05, 0.1) is 27.8 Å². The standard InChI is InChI=1S/C35H33N9O15S5/c1-21-5-8-23(9-6-21)37-33-40-34(38-24-3-2-4-26(18-24)60(45,46)16-15-59-64(56,57)58)42-35(41-33)39-25-10-14-31(63(53,54)55)30(19-25)43-44-32-28-12-11-27(62(50,51)52)17-22(28)7-13-29(32)36-20-61(47,48)49/h2-14,17-19,36H,15-16,20H2,1H3,(H,47,48,49)(H,50,51,52)(H,53,54,55)(H,56,57,58)(H3,37,38,39,40,41,42). The Morgan fingerprint density at radius 2 is 1.22 bits per heavy atom. The Hall–Kier alpha value is -6.28. The fourth-order valence-electron chi connectivity index (χ4n) is 5.57. The Balaban J connectivity index is 1.39. The van der Waals surface area contributed by atoms with Crippen LogP contribution in [0, 0.1) is 6.92 Å². The second kappa shape index (κ2) is 18.4. The number of sulfone groups is 1. The third-order valence-electron chi connectivity index (χ3n) is 8.43. The van der Waals surface area contributed by atoms with Crippen LogP contribution < -0.4 is 21.3 Å². The van der Waals surface area contributed by atoms with Gasteiger partial charge in [-0.1, -0.05) is 35.9 Å². The van der Waals surface area contributed by atoms with Gasteiger partial charge in [-0.25, -0.2) is 12.6 Å². The molecule has 0 aliphatic rings. The van der Waals surface area contributed by atoms with Crippen molar-refractivity contribution in [3.63, 3.8) is 0 Å². The molecule has 0 saturated carbocycles. The number of azo groups is 1. The maximum atomic E-state index is 12.9. The Kier molecular flexibility index (Phi) is 13.6. The molecular weight excluding hydrogens is 947 g/mol. The summed E-state index contributed by atoms with van der Waals surface area (Å²) in [5, 5.41) is 19.6. The average Bonchev–Trinajstić information content (AvgIpc) is 3.18. The summed E-state index contributed by atoms with van der Waals surface area (Å²) in [7, 11) is -23.3. The Morgan fingerprint density at radius 1 is 0.609 bits per heavy atom. The molecule has 29 heteroatoms. The SMILES string of the molecule is Cc1ccc(Nc2nc(Nc3cccc(S(=O)(=O)CCOS(=O)(=O)O)c3)nc(Nc3ccc(S(=O)(=O)O)c(N=Nc4c(NCS(=O)(=O)O)ccc5cc(S(=O)(=O)O)ccc45)c3)n2)cc1. The van der Waals surface area contributed by atoms with Crippen molar-refractivity contribution < 1.29 is 64.5 Å². The predicted molar refractivity (Wildman–Crippen MR) is 231 cm³/mol. The van der Waals surface area contributed by atoms with Gasteiger partial charge in [0, 0.05) is 22.4 Å². The van der Waals surface area contributed by atoms with Gasteiger partial charge in [0.2, 0.25) is 17.8 Å². The van der Waals surface area contributed by atoms with Gasteiger partial charge in [0.15, 0.2) is 9.84 Å². The molecule has 0 amide bonds. The lowest BCUT2D eigenvalue weighted by Gasteiger charge is -2.13. The summed E-state index contributed by atoms with van der Waals surface area (Å²) in [5.74, 6) is -2.22. The zero-order valence-electron chi connectivity index (χ0n) is 32.4. The van der Waals surface area contributed by atoms with E-state index >= 15 is 0 Å². The summed E-state index contributed by atoms with van der Waals surface area (Å²) >= 11 is 0. The summed E-state index contributed by atoms with van der Waals surface area (Å²) in [4.78, 5) is 11.6. The smallest absolute Gasteiger partial charge is 0.368 e. The van der Waals surface area contributed by atoms with Gasteiger partial charge < -0.3 is 21.3 Å². The summed E-state index contributed by atoms with van der Waals surface area (Å²) in [6.07, 6.45) is 0. The molecule has 0 unspecified atom stereocenters. The Bertz CT molecular complexity index is 3380. The van der Waals surface area contributed by atoms with E-state index in [0.29, 0.717) is 5.69 Å². The molecule has 338 valence electrons. The molecule has 0 radical (unpaired) electrons. The summed E-state index contributed by atoms with van der Waals surface area (Å²) in [6, 6.07) is 21.6. The number of hydrogen-bond acceptors (Lipinski definition) is 20. The number of hydrogen-bond donors (Lipinski definition) is 8. The van der Waals surface area contributed by atoms with Gasteiger partial charge in [-0.3, -0.25) is 18.2 Å². The van der Waals surface area contributed by atoms with Crippen molar-refractivity contribution in [2.24, 2.45) is 10.2 Å². The number of nitrogens with one attached hydrogen (secondary N) is 4. The first-order valence-electron chi connectivity index (χ1n) is 17.7. The quantitative estimate of drug-likeness (QED) is 0.0399. The molecule has 0 spiro atoms. The van der Waals surface area contributed by atoms with Crippen LogP contribution in [-0.2, 0) is 54.8 Å². The van der Waals surface area contributed by atoms with Crippen molar-refractivity contribution in [2.45, 2.75) is 21.6 Å². The molecule has 8 N–H and O–H groups in total. The zero-order valence-corrected chi connectivity index (χ0v) is 36.5.